The second-order valence-electron chi connectivity index (χ2n) is 15.5. The van der Waals surface area contributed by atoms with Crippen LogP contribution in [-0.4, -0.2) is 120 Å². The van der Waals surface area contributed by atoms with Gasteiger partial charge in [0.15, 0.2) is 5.82 Å². The molecule has 0 amide bonds. The topological polar surface area (TPSA) is 101 Å². The van der Waals surface area contributed by atoms with E-state index >= 15 is 8.78 Å². The summed E-state index contributed by atoms with van der Waals surface area (Å²) in [5.41, 5.74) is 0.696. The zero-order valence-electron chi connectivity index (χ0n) is 30.8. The molecule has 5 heterocycles. The third kappa shape index (κ3) is 6.19. The molecule has 9 rings (SSSR count). The highest BCUT2D eigenvalue weighted by molar-refractivity contribution is 6.18. The van der Waals surface area contributed by atoms with Crippen LogP contribution in [0.5, 0.6) is 11.8 Å². The highest BCUT2D eigenvalue weighted by atomic mass is 19.1. The fraction of sp³-hybridized carbons (Fsp3) is 0.488. The van der Waals surface area contributed by atoms with Gasteiger partial charge in [-0.3, -0.25) is 14.5 Å². The first-order chi connectivity index (χ1) is 26.3. The summed E-state index contributed by atoms with van der Waals surface area (Å²) in [5.74, 6) is 1.71. The highest BCUT2D eigenvalue weighted by Gasteiger charge is 2.46. The number of likely N-dealkylation sites (tertiary alicyclic amines) is 1. The van der Waals surface area contributed by atoms with Crippen molar-refractivity contribution in [3.05, 3.63) is 47.7 Å². The summed E-state index contributed by atoms with van der Waals surface area (Å²) in [6.45, 7) is 7.93. The third-order valence-electron chi connectivity index (χ3n) is 11.8. The van der Waals surface area contributed by atoms with Gasteiger partial charge in [0.05, 0.1) is 30.8 Å². The van der Waals surface area contributed by atoms with Crippen LogP contribution in [0.15, 0.2) is 30.5 Å². The second-order valence-corrected chi connectivity index (χ2v) is 15.5. The van der Waals surface area contributed by atoms with Gasteiger partial charge < -0.3 is 24.2 Å². The molecule has 5 aromatic rings. The zero-order chi connectivity index (χ0) is 37.1. The Kier molecular flexibility index (Phi) is 9.04. The second kappa shape index (κ2) is 13.9. The molecule has 4 aliphatic rings. The molecule has 2 bridgehead atoms. The molecular weight excluding hydrogens is 692 g/mol. The maximum Gasteiger partial charge on any atom is 0.319 e. The van der Waals surface area contributed by atoms with Crippen molar-refractivity contribution < 1.29 is 28.1 Å². The lowest BCUT2D eigenvalue weighted by atomic mass is 9.91. The minimum Gasteiger partial charge on any atom is -0.508 e. The van der Waals surface area contributed by atoms with E-state index in [1.165, 1.54) is 24.3 Å². The molecule has 1 saturated carbocycles. The first-order valence-electron chi connectivity index (χ1n) is 19.0. The molecular formula is C41H45F2N7O4. The van der Waals surface area contributed by atoms with Gasteiger partial charge in [-0.25, -0.2) is 8.78 Å². The summed E-state index contributed by atoms with van der Waals surface area (Å²) in [7, 11) is 3.51. The highest BCUT2D eigenvalue weighted by Crippen LogP contribution is 2.49. The average Bonchev–Trinajstić information content (AvgIpc) is 3.74. The fourth-order valence-corrected chi connectivity index (χ4v) is 9.10. The number of hydrogen-bond acceptors (Lipinski definition) is 10. The van der Waals surface area contributed by atoms with Crippen molar-refractivity contribution in [2.45, 2.75) is 44.2 Å². The predicted octanol–water partition coefficient (Wildman–Crippen LogP) is 5.48. The summed E-state index contributed by atoms with van der Waals surface area (Å²) >= 11 is 0. The van der Waals surface area contributed by atoms with Gasteiger partial charge in [-0.05, 0) is 61.3 Å². The van der Waals surface area contributed by atoms with E-state index in [-0.39, 0.29) is 51.5 Å². The number of piperazine rings is 1. The third-order valence-corrected chi connectivity index (χ3v) is 11.8. The minimum absolute atomic E-state index is 0.0180. The SMILES string of the molecule is C#Cc1c(F)ccc2cc(O)cc(-c3c(F)c4nc(OCC5(CN6CCOCC6)CC5)nc(N5C6CCC5CN(CCCOC)C6)c4c4cn(C)nc34)c12. The van der Waals surface area contributed by atoms with Crippen LogP contribution in [0.2, 0.25) is 0 Å². The Morgan fingerprint density at radius 3 is 2.54 bits per heavy atom. The molecule has 13 heteroatoms. The molecule has 11 nitrogen and oxygen atoms in total. The van der Waals surface area contributed by atoms with Gasteiger partial charge in [-0.1, -0.05) is 12.0 Å². The zero-order valence-corrected chi connectivity index (χ0v) is 30.8. The minimum atomic E-state index is -0.663. The molecule has 2 atom stereocenters. The van der Waals surface area contributed by atoms with Gasteiger partial charge in [0, 0.05) is 100 Å². The Balaban J connectivity index is 1.21. The van der Waals surface area contributed by atoms with Gasteiger partial charge in [0.2, 0.25) is 0 Å². The largest absolute Gasteiger partial charge is 0.508 e. The molecule has 0 spiro atoms. The number of hydrogen-bond donors (Lipinski definition) is 1. The number of phenols is 1. The summed E-state index contributed by atoms with van der Waals surface area (Å²) in [5, 5.41) is 17.7. The van der Waals surface area contributed by atoms with Crippen molar-refractivity contribution >= 4 is 38.4 Å². The summed E-state index contributed by atoms with van der Waals surface area (Å²) in [4.78, 5) is 17.3. The average molecular weight is 738 g/mol. The molecule has 3 aromatic carbocycles. The first kappa shape index (κ1) is 35.1. The molecule has 0 radical (unpaired) electrons. The first-order valence-corrected chi connectivity index (χ1v) is 19.0. The van der Waals surface area contributed by atoms with Gasteiger partial charge in [-0.2, -0.15) is 15.1 Å². The number of terminal acetylenes is 1. The maximum absolute atomic E-state index is 17.8. The van der Waals surface area contributed by atoms with Crippen LogP contribution in [0.4, 0.5) is 14.6 Å². The molecule has 3 aliphatic heterocycles. The number of aromatic nitrogens is 4. The number of benzene rings is 3. The van der Waals surface area contributed by atoms with E-state index < -0.39 is 11.6 Å². The van der Waals surface area contributed by atoms with Gasteiger partial charge in [-0.15, -0.1) is 6.42 Å². The normalized spacial score (nSPS) is 21.4. The van der Waals surface area contributed by atoms with Crippen molar-refractivity contribution in [3.63, 3.8) is 0 Å². The maximum atomic E-state index is 17.8. The smallest absolute Gasteiger partial charge is 0.319 e. The standard InChI is InChI=1S/C41H45F2N7O4/c1-4-29-32(42)9-6-25-18-28(51)19-30(33(25)29)34-36(43)38-35(31-22-47(2)46-37(31)34)39(50-26-7-8-27(50)21-49(20-26)12-5-15-52-3)45-40(44-38)54-24-41(10-11-41)23-48-13-16-53-17-14-48/h1,6,9,18-19,22,26-27,51H,5,7-8,10-17,20-21,23-24H2,2-3H3. The molecule has 3 saturated heterocycles. The van der Waals surface area contributed by atoms with Crippen molar-refractivity contribution in [2.24, 2.45) is 12.5 Å². The van der Waals surface area contributed by atoms with E-state index in [4.69, 9.17) is 35.7 Å². The van der Waals surface area contributed by atoms with Crippen molar-refractivity contribution in [3.8, 4) is 35.2 Å². The lowest BCUT2D eigenvalue weighted by Crippen LogP contribution is -2.54. The molecule has 2 aromatic heterocycles. The number of methoxy groups -OCH3 is 1. The van der Waals surface area contributed by atoms with E-state index in [2.05, 4.69) is 20.6 Å². The number of fused-ring (bicyclic) bond motifs is 6. The number of ether oxygens (including phenoxy) is 3. The van der Waals surface area contributed by atoms with Crippen molar-refractivity contribution in [1.82, 2.24) is 29.5 Å². The lowest BCUT2D eigenvalue weighted by Gasteiger charge is -2.42. The molecule has 54 heavy (non-hydrogen) atoms. The Bertz CT molecular complexity index is 2280. The van der Waals surface area contributed by atoms with Crippen LogP contribution in [0.1, 0.15) is 37.7 Å². The fourth-order valence-electron chi connectivity index (χ4n) is 9.10. The number of halogens is 2. The Morgan fingerprint density at radius 1 is 1.04 bits per heavy atom. The predicted molar refractivity (Wildman–Crippen MR) is 203 cm³/mol. The summed E-state index contributed by atoms with van der Waals surface area (Å²) < 4.78 is 52.1. The lowest BCUT2D eigenvalue weighted by molar-refractivity contribution is 0.0231. The Hall–Kier alpha value is -4.61. The van der Waals surface area contributed by atoms with Crippen LogP contribution in [0, 0.1) is 29.4 Å². The Labute approximate surface area is 312 Å². The van der Waals surface area contributed by atoms with Gasteiger partial charge >= 0.3 is 6.01 Å². The van der Waals surface area contributed by atoms with E-state index in [0.29, 0.717) is 46.1 Å². The van der Waals surface area contributed by atoms with Gasteiger partial charge in [0.1, 0.15) is 28.4 Å². The van der Waals surface area contributed by atoms with E-state index in [1.807, 2.05) is 6.20 Å². The van der Waals surface area contributed by atoms with Crippen LogP contribution in [0.25, 0.3) is 43.7 Å². The number of morpholine rings is 1. The molecule has 2 unspecified atom stereocenters. The van der Waals surface area contributed by atoms with Crippen LogP contribution in [0.3, 0.4) is 0 Å². The number of nitrogens with zero attached hydrogens (tertiary/aromatic N) is 7. The Morgan fingerprint density at radius 2 is 1.81 bits per heavy atom. The van der Waals surface area contributed by atoms with E-state index in [0.717, 1.165) is 84.6 Å². The van der Waals surface area contributed by atoms with E-state index in [9.17, 15) is 5.11 Å². The molecule has 282 valence electrons. The van der Waals surface area contributed by atoms with Gasteiger partial charge in [0.25, 0.3) is 0 Å². The molecule has 4 fully saturated rings. The number of rotatable bonds is 11. The summed E-state index contributed by atoms with van der Waals surface area (Å²) in [6.07, 6.45) is 12.7. The van der Waals surface area contributed by atoms with Crippen molar-refractivity contribution in [2.75, 3.05) is 77.7 Å². The monoisotopic (exact) mass is 737 g/mol. The number of phenolic OH excluding ortho intramolecular Hbond substituents is 1. The summed E-state index contributed by atoms with van der Waals surface area (Å²) in [6, 6.07) is 6.16. The number of aryl methyl sites for hydroxylation is 1. The van der Waals surface area contributed by atoms with Crippen LogP contribution >= 0.6 is 0 Å². The number of aromatic hydroxyl groups is 1. The van der Waals surface area contributed by atoms with Crippen molar-refractivity contribution in [1.29, 1.82) is 0 Å². The van der Waals surface area contributed by atoms with Crippen LogP contribution in [-0.2, 0) is 16.5 Å². The quantitative estimate of drug-likeness (QED) is 0.139. The molecule has 1 N–H and O–H groups in total. The molecule has 1 aliphatic carbocycles. The van der Waals surface area contributed by atoms with E-state index in [1.54, 1.807) is 18.8 Å². The number of anilines is 1. The van der Waals surface area contributed by atoms with Crippen LogP contribution < -0.4 is 9.64 Å².